The third kappa shape index (κ3) is 4.15. The van der Waals surface area contributed by atoms with Crippen molar-refractivity contribution in [2.75, 3.05) is 0 Å². The summed E-state index contributed by atoms with van der Waals surface area (Å²) >= 11 is 1.16. The van der Waals surface area contributed by atoms with Crippen LogP contribution in [0.5, 0.6) is 0 Å². The van der Waals surface area contributed by atoms with Crippen molar-refractivity contribution in [3.8, 4) is 0 Å². The zero-order chi connectivity index (χ0) is 20.5. The Hall–Kier alpha value is -2.79. The molecule has 3 heterocycles. The van der Waals surface area contributed by atoms with E-state index in [-0.39, 0.29) is 18.7 Å². The van der Waals surface area contributed by atoms with E-state index in [2.05, 4.69) is 10.2 Å². The van der Waals surface area contributed by atoms with Gasteiger partial charge in [-0.2, -0.15) is 10.2 Å². The van der Waals surface area contributed by atoms with Gasteiger partial charge in [0.05, 0.1) is 12.2 Å². The summed E-state index contributed by atoms with van der Waals surface area (Å²) < 4.78 is 41.3. The van der Waals surface area contributed by atoms with Crippen LogP contribution in [-0.4, -0.2) is 41.3 Å². The molecule has 1 N–H and O–H groups in total. The van der Waals surface area contributed by atoms with Gasteiger partial charge in [-0.1, -0.05) is 18.2 Å². The lowest BCUT2D eigenvalue weighted by molar-refractivity contribution is -0.141. The first-order valence-corrected chi connectivity index (χ1v) is 9.46. The topological polar surface area (TPSA) is 76.2 Å². The molecule has 0 radical (unpaired) electrons. The lowest BCUT2D eigenvalue weighted by Gasteiger charge is -2.20. The number of hydrogen-bond acceptors (Lipinski definition) is 5. The molecule has 0 saturated carbocycles. The molecule has 1 amide bonds. The molecule has 7 nitrogen and oxygen atoms in total. The average Bonchev–Trinajstić information content (AvgIpc) is 3.36. The third-order valence-corrected chi connectivity index (χ3v) is 5.21. The summed E-state index contributed by atoms with van der Waals surface area (Å²) in [6, 6.07) is 7.21. The van der Waals surface area contributed by atoms with E-state index in [4.69, 9.17) is 0 Å². The molecule has 0 spiro atoms. The second-order valence-electron chi connectivity index (χ2n) is 6.48. The summed E-state index contributed by atoms with van der Waals surface area (Å²) in [5.74, 6) is -1.24. The van der Waals surface area contributed by atoms with Gasteiger partial charge in [0, 0.05) is 42.0 Å². The fourth-order valence-electron chi connectivity index (χ4n) is 3.06. The maximum Gasteiger partial charge on any atom is 0.257 e. The summed E-state index contributed by atoms with van der Waals surface area (Å²) in [4.78, 5) is 13.9. The summed E-state index contributed by atoms with van der Waals surface area (Å²) in [6.07, 6.45) is -0.879. The van der Waals surface area contributed by atoms with Crippen molar-refractivity contribution in [3.05, 3.63) is 65.4 Å². The number of benzene rings is 1. The second-order valence-corrected chi connectivity index (χ2v) is 7.46. The lowest BCUT2D eigenvalue weighted by Crippen LogP contribution is -2.31. The number of rotatable bonds is 6. The van der Waals surface area contributed by atoms with Crippen molar-refractivity contribution in [1.29, 1.82) is 0 Å². The Morgan fingerprint density at radius 2 is 2.00 bits per heavy atom. The molecule has 0 fully saturated rings. The van der Waals surface area contributed by atoms with Crippen LogP contribution in [0.4, 0.5) is 13.2 Å². The van der Waals surface area contributed by atoms with Gasteiger partial charge < -0.3 is 10.0 Å². The fraction of sp³-hybridized carbons (Fsp3) is 0.278. The van der Waals surface area contributed by atoms with Crippen LogP contribution in [0.25, 0.3) is 0 Å². The molecule has 3 aromatic rings. The van der Waals surface area contributed by atoms with Crippen LogP contribution in [0.2, 0.25) is 0 Å². The Bertz CT molecular complexity index is 1010. The van der Waals surface area contributed by atoms with Crippen LogP contribution in [0.15, 0.2) is 47.8 Å². The Kier molecular flexibility index (Phi) is 5.33. The zero-order valence-electron chi connectivity index (χ0n) is 15.0. The van der Waals surface area contributed by atoms with Crippen LogP contribution < -0.4 is 0 Å². The number of halogens is 3. The summed E-state index contributed by atoms with van der Waals surface area (Å²) in [5, 5.41) is 19.2. The Morgan fingerprint density at radius 1 is 1.21 bits per heavy atom. The number of carbonyl (C=O) groups is 1. The van der Waals surface area contributed by atoms with Gasteiger partial charge >= 0.3 is 0 Å². The highest BCUT2D eigenvalue weighted by Gasteiger charge is 2.32. The van der Waals surface area contributed by atoms with Gasteiger partial charge in [0.25, 0.3) is 12.3 Å². The maximum absolute atomic E-state index is 13.8. The largest absolute Gasteiger partial charge is 0.378 e. The molecule has 1 aromatic carbocycles. The predicted octanol–water partition coefficient (Wildman–Crippen LogP) is 2.62. The Morgan fingerprint density at radius 3 is 2.72 bits per heavy atom. The monoisotopic (exact) mass is 423 g/mol. The Balaban J connectivity index is 1.40. The van der Waals surface area contributed by atoms with Gasteiger partial charge in [0.2, 0.25) is 0 Å². The number of amides is 1. The summed E-state index contributed by atoms with van der Waals surface area (Å²) in [5.41, 5.74) is 1.37. The minimum absolute atomic E-state index is 0.0676. The van der Waals surface area contributed by atoms with Crippen molar-refractivity contribution >= 4 is 17.9 Å². The molecule has 29 heavy (non-hydrogen) atoms. The van der Waals surface area contributed by atoms with Gasteiger partial charge in [-0.05, 0) is 12.1 Å². The van der Waals surface area contributed by atoms with E-state index >= 15 is 0 Å². The molecule has 11 heteroatoms. The van der Waals surface area contributed by atoms with Gasteiger partial charge in [-0.3, -0.25) is 9.48 Å². The van der Waals surface area contributed by atoms with Gasteiger partial charge in [-0.15, -0.1) is 0 Å². The highest BCUT2D eigenvalue weighted by atomic mass is 32.2. The molecule has 1 aliphatic heterocycles. The predicted molar refractivity (Wildman–Crippen MR) is 97.3 cm³/mol. The van der Waals surface area contributed by atoms with Crippen molar-refractivity contribution in [2.45, 2.75) is 37.2 Å². The SMILES string of the molecule is O=C(C(O)c1ccccc1F)N1Cc2cn(Sc3ccn(CC(F)F)n3)nc2C1. The number of alkyl halides is 2. The summed E-state index contributed by atoms with van der Waals surface area (Å²) in [6.45, 7) is -0.0509. The van der Waals surface area contributed by atoms with Crippen molar-refractivity contribution in [2.24, 2.45) is 0 Å². The van der Waals surface area contributed by atoms with E-state index in [1.165, 1.54) is 29.3 Å². The van der Waals surface area contributed by atoms with Crippen molar-refractivity contribution in [1.82, 2.24) is 23.9 Å². The minimum Gasteiger partial charge on any atom is -0.378 e. The number of hydrogen-bond donors (Lipinski definition) is 1. The number of aliphatic hydroxyl groups excluding tert-OH is 1. The normalized spacial score (nSPS) is 14.4. The van der Waals surface area contributed by atoms with E-state index < -0.39 is 30.8 Å². The molecule has 0 aliphatic carbocycles. The number of aliphatic hydroxyl groups is 1. The van der Waals surface area contributed by atoms with E-state index in [0.29, 0.717) is 10.7 Å². The van der Waals surface area contributed by atoms with Crippen molar-refractivity contribution < 1.29 is 23.1 Å². The molecular weight excluding hydrogens is 407 g/mol. The molecule has 1 aliphatic rings. The first-order chi connectivity index (χ1) is 13.9. The van der Waals surface area contributed by atoms with Gasteiger partial charge in [0.15, 0.2) is 6.10 Å². The number of nitrogens with zero attached hydrogens (tertiary/aromatic N) is 5. The van der Waals surface area contributed by atoms with Crippen molar-refractivity contribution in [3.63, 3.8) is 0 Å². The zero-order valence-corrected chi connectivity index (χ0v) is 15.8. The first kappa shape index (κ1) is 19.5. The second kappa shape index (κ2) is 7.91. The molecule has 152 valence electrons. The average molecular weight is 423 g/mol. The number of fused-ring (bicyclic) bond motifs is 1. The quantitative estimate of drug-likeness (QED) is 0.660. The molecule has 1 atom stereocenters. The fourth-order valence-corrected chi connectivity index (χ4v) is 3.84. The Labute approximate surface area is 167 Å². The highest BCUT2D eigenvalue weighted by Crippen LogP contribution is 2.28. The number of carbonyl (C=O) groups excluding carboxylic acids is 1. The molecule has 1 unspecified atom stereocenters. The molecule has 4 rings (SSSR count). The smallest absolute Gasteiger partial charge is 0.257 e. The molecule has 0 saturated heterocycles. The molecule has 0 bridgehead atoms. The van der Waals surface area contributed by atoms with Crippen LogP contribution in [-0.2, 0) is 24.4 Å². The standard InChI is InChI=1S/C18H16F3N5O2S/c19-13-4-2-1-3-12(13)17(27)18(28)24-7-11-8-26(22-14(11)9-24)29-16-5-6-25(23-16)10-15(20)21/h1-6,8,15,17,27H,7,9-10H2. The maximum atomic E-state index is 13.8. The van der Waals surface area contributed by atoms with Gasteiger partial charge in [0.1, 0.15) is 17.4 Å². The highest BCUT2D eigenvalue weighted by molar-refractivity contribution is 7.97. The third-order valence-electron chi connectivity index (χ3n) is 4.43. The van der Waals surface area contributed by atoms with Crippen LogP contribution in [0.1, 0.15) is 22.9 Å². The first-order valence-electron chi connectivity index (χ1n) is 8.69. The van der Waals surface area contributed by atoms with E-state index in [1.54, 1.807) is 22.4 Å². The van der Waals surface area contributed by atoms with Crippen LogP contribution in [0, 0.1) is 5.82 Å². The van der Waals surface area contributed by atoms with E-state index in [9.17, 15) is 23.1 Å². The molecular formula is C18H16F3N5O2S. The van der Waals surface area contributed by atoms with Crippen LogP contribution in [0.3, 0.4) is 0 Å². The van der Waals surface area contributed by atoms with E-state index in [0.717, 1.165) is 22.2 Å². The minimum atomic E-state index is -2.48. The van der Waals surface area contributed by atoms with Gasteiger partial charge in [-0.25, -0.2) is 17.3 Å². The summed E-state index contributed by atoms with van der Waals surface area (Å²) in [7, 11) is 0. The molecule has 2 aromatic heterocycles. The van der Waals surface area contributed by atoms with Crippen LogP contribution >= 0.6 is 11.9 Å². The van der Waals surface area contributed by atoms with E-state index in [1.807, 2.05) is 0 Å². The lowest BCUT2D eigenvalue weighted by atomic mass is 10.1. The number of aromatic nitrogens is 4.